The molecule has 0 aromatic heterocycles. The van der Waals surface area contributed by atoms with Gasteiger partial charge >= 0.3 is 0 Å². The molecule has 3 aliphatic rings. The van der Waals surface area contributed by atoms with Crippen molar-refractivity contribution in [2.24, 2.45) is 21.7 Å². The first kappa shape index (κ1) is 26.5. The van der Waals surface area contributed by atoms with Crippen LogP contribution >= 0.6 is 0 Å². The van der Waals surface area contributed by atoms with Crippen LogP contribution < -0.4 is 0 Å². The summed E-state index contributed by atoms with van der Waals surface area (Å²) in [6.45, 7) is 8.06. The molecule has 0 amide bonds. The number of sulfonamides is 1. The number of sulfone groups is 2. The Hall–Kier alpha value is -1.56. The van der Waals surface area contributed by atoms with E-state index in [1.807, 2.05) is 24.3 Å². The van der Waals surface area contributed by atoms with Gasteiger partial charge in [-0.25, -0.2) is 25.3 Å². The van der Waals surface area contributed by atoms with Crippen LogP contribution in [0, 0.1) is 16.7 Å². The fourth-order valence-electron chi connectivity index (χ4n) is 6.76. The molecule has 3 fully saturated rings. The minimum atomic E-state index is -4.16. The predicted molar refractivity (Wildman–Crippen MR) is 139 cm³/mol. The van der Waals surface area contributed by atoms with Crippen LogP contribution in [0.3, 0.4) is 0 Å². The van der Waals surface area contributed by atoms with E-state index in [1.54, 1.807) is 6.08 Å². The van der Waals surface area contributed by atoms with Crippen LogP contribution in [0.15, 0.2) is 35.8 Å². The van der Waals surface area contributed by atoms with Crippen molar-refractivity contribution < 1.29 is 25.3 Å². The van der Waals surface area contributed by atoms with E-state index in [2.05, 4.69) is 25.4 Å². The summed E-state index contributed by atoms with van der Waals surface area (Å²) in [5, 5.41) is 0. The summed E-state index contributed by atoms with van der Waals surface area (Å²) in [7, 11) is -11.9. The Morgan fingerprint density at radius 1 is 1.20 bits per heavy atom. The maximum absolute atomic E-state index is 13.5. The van der Waals surface area contributed by atoms with Gasteiger partial charge in [-0.3, -0.25) is 4.99 Å². The third-order valence-electron chi connectivity index (χ3n) is 8.58. The van der Waals surface area contributed by atoms with Crippen LogP contribution in [-0.2, 0) is 36.1 Å². The van der Waals surface area contributed by atoms with Crippen LogP contribution in [0.4, 0.5) is 0 Å². The molecule has 1 aliphatic heterocycles. The van der Waals surface area contributed by atoms with E-state index < -0.39 is 40.1 Å². The Bertz CT molecular complexity index is 1360. The molecule has 8 nitrogen and oxygen atoms in total. The average molecular weight is 543 g/mol. The lowest BCUT2D eigenvalue weighted by Crippen LogP contribution is -2.44. The van der Waals surface area contributed by atoms with E-state index in [4.69, 9.17) is 0 Å². The highest BCUT2D eigenvalue weighted by Crippen LogP contribution is 2.69. The molecule has 2 saturated carbocycles. The molecule has 0 N–H and O–H groups in total. The number of fused-ring (bicyclic) bond motifs is 1. The van der Waals surface area contributed by atoms with Crippen LogP contribution in [0.5, 0.6) is 0 Å². The molecule has 11 heteroatoms. The summed E-state index contributed by atoms with van der Waals surface area (Å²) in [5.74, 6) is 0.496. The summed E-state index contributed by atoms with van der Waals surface area (Å²) in [6, 6.07) is 6.24. The van der Waals surface area contributed by atoms with Crippen molar-refractivity contribution in [3.05, 3.63) is 42.0 Å². The van der Waals surface area contributed by atoms with Gasteiger partial charge in [-0.2, -0.15) is 4.31 Å². The zero-order chi connectivity index (χ0) is 26.0. The zero-order valence-electron chi connectivity index (χ0n) is 20.6. The number of nitrogens with zero attached hydrogens (tertiary/aromatic N) is 2. The van der Waals surface area contributed by atoms with Crippen LogP contribution in [0.2, 0.25) is 0 Å². The first-order valence-corrected chi connectivity index (χ1v) is 17.1. The molecule has 1 saturated heterocycles. The number of rotatable bonds is 6. The van der Waals surface area contributed by atoms with Gasteiger partial charge < -0.3 is 0 Å². The average Bonchev–Trinajstić information content (AvgIpc) is 3.19. The maximum Gasteiger partial charge on any atom is 0.242 e. The summed E-state index contributed by atoms with van der Waals surface area (Å²) in [5.41, 5.74) is 1.13. The molecule has 35 heavy (non-hydrogen) atoms. The highest BCUT2D eigenvalue weighted by atomic mass is 32.3. The van der Waals surface area contributed by atoms with E-state index in [1.165, 1.54) is 4.31 Å². The van der Waals surface area contributed by atoms with Gasteiger partial charge in [0.25, 0.3) is 0 Å². The maximum atomic E-state index is 13.5. The Balaban J connectivity index is 1.79. The van der Waals surface area contributed by atoms with Gasteiger partial charge in [-0.15, -0.1) is 0 Å². The number of aliphatic imine (C=N–C) groups is 1. The Morgan fingerprint density at radius 2 is 1.83 bits per heavy atom. The predicted octanol–water partition coefficient (Wildman–Crippen LogP) is 2.53. The van der Waals surface area contributed by atoms with Gasteiger partial charge in [0.15, 0.2) is 0 Å². The second-order valence-corrected chi connectivity index (χ2v) is 16.9. The van der Waals surface area contributed by atoms with Gasteiger partial charge in [0.1, 0.15) is 0 Å². The zero-order valence-corrected chi connectivity index (χ0v) is 23.1. The number of hydrogen-bond acceptors (Lipinski definition) is 7. The molecule has 2 aliphatic carbocycles. The molecule has 194 valence electrons. The van der Waals surface area contributed by atoms with Gasteiger partial charge in [0, 0.05) is 30.5 Å². The highest BCUT2D eigenvalue weighted by Gasteiger charge is 2.71. The van der Waals surface area contributed by atoms with Crippen molar-refractivity contribution in [3.63, 3.8) is 0 Å². The topological polar surface area (TPSA) is 118 Å². The fourth-order valence-corrected chi connectivity index (χ4v) is 12.2. The summed E-state index contributed by atoms with van der Waals surface area (Å²) in [6.07, 6.45) is 6.06. The summed E-state index contributed by atoms with van der Waals surface area (Å²) in [4.78, 5) is 4.23. The second kappa shape index (κ2) is 8.49. The van der Waals surface area contributed by atoms with Crippen molar-refractivity contribution in [2.75, 3.05) is 24.8 Å². The normalized spacial score (nSPS) is 30.1. The van der Waals surface area contributed by atoms with E-state index >= 15 is 0 Å². The van der Waals surface area contributed by atoms with Gasteiger partial charge in [0.2, 0.25) is 34.1 Å². The largest absolute Gasteiger partial charge is 0.258 e. The monoisotopic (exact) mass is 542 g/mol. The van der Waals surface area contributed by atoms with Crippen molar-refractivity contribution in [3.8, 4) is 0 Å². The van der Waals surface area contributed by atoms with Crippen molar-refractivity contribution in [2.45, 2.75) is 51.6 Å². The smallest absolute Gasteiger partial charge is 0.242 e. The molecular formula is C24H34N2O6S3. The number of benzene rings is 1. The minimum Gasteiger partial charge on any atom is -0.258 e. The lowest BCUT2D eigenvalue weighted by Gasteiger charge is -2.37. The molecule has 0 radical (unpaired) electrons. The molecule has 1 spiro atoms. The van der Waals surface area contributed by atoms with Crippen LogP contribution in [0.1, 0.15) is 44.2 Å². The molecular weight excluding hydrogens is 508 g/mol. The quantitative estimate of drug-likeness (QED) is 0.403. The highest BCUT2D eigenvalue weighted by molar-refractivity contribution is 8.30. The standard InChI is InChI=1S/C24H34N2O6S3/c1-6-17-9-7-8-10-18(17)13-20(25-22(33(4,27)28)34(5,29)30)15-26-21-14-19-11-12-24(21,23(19,2)3)16-35(26,31)32/h6-10,19-21H,1,11-16H2,2-5H3. The second-order valence-electron chi connectivity index (χ2n) is 10.9. The lowest BCUT2D eigenvalue weighted by atomic mass is 9.69. The van der Waals surface area contributed by atoms with E-state index in [-0.39, 0.29) is 35.6 Å². The van der Waals surface area contributed by atoms with E-state index in [0.717, 1.165) is 42.9 Å². The summed E-state index contributed by atoms with van der Waals surface area (Å²) >= 11 is 0. The Morgan fingerprint density at radius 3 is 2.40 bits per heavy atom. The SMILES string of the molecule is C=Cc1ccccc1CC(CN1C2CC3CCC2(CS1(=O)=O)C3(C)C)N=C(S(C)(=O)=O)S(C)(=O)=O. The molecule has 1 aromatic rings. The molecule has 4 unspecified atom stereocenters. The fraction of sp³-hybridized carbons (Fsp3) is 0.625. The lowest BCUT2D eigenvalue weighted by molar-refractivity contribution is 0.112. The summed E-state index contributed by atoms with van der Waals surface area (Å²) < 4.78 is 77.0. The minimum absolute atomic E-state index is 0.0683. The Kier molecular flexibility index (Phi) is 6.43. The third kappa shape index (κ3) is 4.42. The van der Waals surface area contributed by atoms with Crippen molar-refractivity contribution in [1.29, 1.82) is 0 Å². The van der Waals surface area contributed by atoms with Gasteiger partial charge in [0.05, 0.1) is 11.8 Å². The van der Waals surface area contributed by atoms with Crippen molar-refractivity contribution in [1.82, 2.24) is 4.31 Å². The molecule has 1 heterocycles. The molecule has 4 rings (SSSR count). The number of hydrogen-bond donors (Lipinski definition) is 0. The van der Waals surface area contributed by atoms with Gasteiger partial charge in [-0.1, -0.05) is 50.8 Å². The molecule has 1 aromatic carbocycles. The van der Waals surface area contributed by atoms with Gasteiger partial charge in [-0.05, 0) is 48.1 Å². The van der Waals surface area contributed by atoms with Crippen molar-refractivity contribution >= 4 is 40.1 Å². The van der Waals surface area contributed by atoms with Crippen LogP contribution in [0.25, 0.3) is 6.08 Å². The van der Waals surface area contributed by atoms with Crippen LogP contribution in [-0.4, -0.2) is 70.8 Å². The molecule has 2 bridgehead atoms. The first-order chi connectivity index (χ1) is 16.0. The third-order valence-corrected chi connectivity index (χ3v) is 13.9. The molecule has 4 atom stereocenters. The van der Waals surface area contributed by atoms with E-state index in [9.17, 15) is 25.3 Å². The Labute approximate surface area is 209 Å². The first-order valence-electron chi connectivity index (χ1n) is 11.7. The van der Waals surface area contributed by atoms with E-state index in [0.29, 0.717) is 5.92 Å².